The standard InChI is InChI=1S/C14H15F3O3/c1-13(2)6-10(13)8-19-12-4-3-11(5-9(12)7-18)20-14(15,16)17/h3-5,7,10H,6,8H2,1-2H3. The van der Waals surface area contributed by atoms with Crippen molar-refractivity contribution in [1.29, 1.82) is 0 Å². The van der Waals surface area contributed by atoms with Crippen molar-refractivity contribution in [2.24, 2.45) is 11.3 Å². The van der Waals surface area contributed by atoms with E-state index in [1.165, 1.54) is 6.07 Å². The molecule has 1 unspecified atom stereocenters. The molecule has 0 radical (unpaired) electrons. The van der Waals surface area contributed by atoms with E-state index in [-0.39, 0.29) is 16.7 Å². The number of benzene rings is 1. The molecule has 6 heteroatoms. The van der Waals surface area contributed by atoms with E-state index < -0.39 is 12.1 Å². The maximum absolute atomic E-state index is 12.1. The first-order valence-electron chi connectivity index (χ1n) is 6.19. The molecule has 0 heterocycles. The number of halogens is 3. The Balaban J connectivity index is 2.04. The molecule has 1 saturated carbocycles. The third-order valence-electron chi connectivity index (χ3n) is 3.50. The molecule has 0 saturated heterocycles. The van der Waals surface area contributed by atoms with Crippen molar-refractivity contribution in [3.8, 4) is 11.5 Å². The zero-order chi connectivity index (χ0) is 15.0. The minimum Gasteiger partial charge on any atom is -0.493 e. The van der Waals surface area contributed by atoms with Gasteiger partial charge in [-0.15, -0.1) is 13.2 Å². The first-order valence-corrected chi connectivity index (χ1v) is 6.19. The van der Waals surface area contributed by atoms with Gasteiger partial charge in [0.05, 0.1) is 12.2 Å². The number of ether oxygens (including phenoxy) is 2. The van der Waals surface area contributed by atoms with Crippen molar-refractivity contribution < 1.29 is 27.4 Å². The highest BCUT2D eigenvalue weighted by Crippen LogP contribution is 2.51. The Morgan fingerprint density at radius 1 is 1.40 bits per heavy atom. The van der Waals surface area contributed by atoms with Crippen LogP contribution in [-0.4, -0.2) is 19.3 Å². The summed E-state index contributed by atoms with van der Waals surface area (Å²) in [4.78, 5) is 10.9. The van der Waals surface area contributed by atoms with E-state index in [0.717, 1.165) is 18.6 Å². The van der Waals surface area contributed by atoms with Crippen molar-refractivity contribution in [1.82, 2.24) is 0 Å². The lowest BCUT2D eigenvalue weighted by molar-refractivity contribution is -0.274. The van der Waals surface area contributed by atoms with Crippen LogP contribution in [0.2, 0.25) is 0 Å². The second kappa shape index (κ2) is 5.00. The zero-order valence-electron chi connectivity index (χ0n) is 11.2. The number of hydrogen-bond acceptors (Lipinski definition) is 3. The lowest BCUT2D eigenvalue weighted by Crippen LogP contribution is -2.17. The fourth-order valence-electron chi connectivity index (χ4n) is 2.00. The topological polar surface area (TPSA) is 35.5 Å². The molecule has 0 aromatic heterocycles. The van der Waals surface area contributed by atoms with Gasteiger partial charge in [-0.25, -0.2) is 0 Å². The maximum atomic E-state index is 12.1. The van der Waals surface area contributed by atoms with Gasteiger partial charge in [0.1, 0.15) is 11.5 Å². The molecule has 20 heavy (non-hydrogen) atoms. The van der Waals surface area contributed by atoms with Crippen molar-refractivity contribution in [3.05, 3.63) is 23.8 Å². The van der Waals surface area contributed by atoms with Crippen LogP contribution < -0.4 is 9.47 Å². The summed E-state index contributed by atoms with van der Waals surface area (Å²) >= 11 is 0. The van der Waals surface area contributed by atoms with E-state index >= 15 is 0 Å². The molecule has 0 aliphatic heterocycles. The Labute approximate surface area is 114 Å². The molecule has 1 fully saturated rings. The van der Waals surface area contributed by atoms with Gasteiger partial charge >= 0.3 is 6.36 Å². The summed E-state index contributed by atoms with van der Waals surface area (Å²) < 4.78 is 45.5. The fourth-order valence-corrected chi connectivity index (χ4v) is 2.00. The highest BCUT2D eigenvalue weighted by atomic mass is 19.4. The zero-order valence-corrected chi connectivity index (χ0v) is 11.2. The summed E-state index contributed by atoms with van der Waals surface area (Å²) in [5.74, 6) is 0.254. The Morgan fingerprint density at radius 2 is 2.05 bits per heavy atom. The van der Waals surface area contributed by atoms with E-state index in [9.17, 15) is 18.0 Å². The minimum absolute atomic E-state index is 0.0465. The predicted octanol–water partition coefficient (Wildman–Crippen LogP) is 3.82. The highest BCUT2D eigenvalue weighted by Gasteiger charge is 2.45. The Bertz CT molecular complexity index is 509. The molecule has 1 aliphatic carbocycles. The number of hydrogen-bond donors (Lipinski definition) is 0. The van der Waals surface area contributed by atoms with Gasteiger partial charge in [-0.05, 0) is 36.0 Å². The summed E-state index contributed by atoms with van der Waals surface area (Å²) in [5, 5.41) is 0. The van der Waals surface area contributed by atoms with E-state index in [1.54, 1.807) is 0 Å². The van der Waals surface area contributed by atoms with Crippen LogP contribution in [-0.2, 0) is 0 Å². The molecule has 1 aliphatic rings. The van der Waals surface area contributed by atoms with Crippen LogP contribution in [0, 0.1) is 11.3 Å². The van der Waals surface area contributed by atoms with Crippen LogP contribution in [0.3, 0.4) is 0 Å². The quantitative estimate of drug-likeness (QED) is 0.773. The van der Waals surface area contributed by atoms with Crippen LogP contribution in [0.15, 0.2) is 18.2 Å². The Kier molecular flexibility index (Phi) is 3.67. The van der Waals surface area contributed by atoms with Gasteiger partial charge in [0.2, 0.25) is 0 Å². The van der Waals surface area contributed by atoms with Gasteiger partial charge in [-0.2, -0.15) is 0 Å². The smallest absolute Gasteiger partial charge is 0.493 e. The average molecular weight is 288 g/mol. The molecule has 1 aromatic carbocycles. The third kappa shape index (κ3) is 3.65. The van der Waals surface area contributed by atoms with Gasteiger partial charge in [0, 0.05) is 0 Å². The summed E-state index contributed by atoms with van der Waals surface area (Å²) in [6, 6.07) is 3.47. The molecule has 0 N–H and O–H groups in total. The van der Waals surface area contributed by atoms with Crippen molar-refractivity contribution >= 4 is 6.29 Å². The largest absolute Gasteiger partial charge is 0.573 e. The number of carbonyl (C=O) groups excluding carboxylic acids is 1. The van der Waals surface area contributed by atoms with Crippen molar-refractivity contribution in [2.45, 2.75) is 26.6 Å². The second-order valence-corrected chi connectivity index (χ2v) is 5.57. The summed E-state index contributed by atoms with van der Waals surface area (Å²) in [5.41, 5.74) is 0.283. The Hall–Kier alpha value is -1.72. The first kappa shape index (κ1) is 14.7. The Morgan fingerprint density at radius 3 is 2.55 bits per heavy atom. The molecule has 0 bridgehead atoms. The van der Waals surface area contributed by atoms with Gasteiger partial charge < -0.3 is 9.47 Å². The van der Waals surface area contributed by atoms with Crippen molar-refractivity contribution in [2.75, 3.05) is 6.61 Å². The summed E-state index contributed by atoms with van der Waals surface area (Å²) in [7, 11) is 0. The van der Waals surface area contributed by atoms with Crippen LogP contribution in [0.1, 0.15) is 30.6 Å². The molecule has 3 nitrogen and oxygen atoms in total. The van der Waals surface area contributed by atoms with E-state index in [4.69, 9.17) is 4.74 Å². The second-order valence-electron chi connectivity index (χ2n) is 5.57. The fraction of sp³-hybridized carbons (Fsp3) is 0.500. The van der Waals surface area contributed by atoms with Crippen LogP contribution >= 0.6 is 0 Å². The van der Waals surface area contributed by atoms with E-state index in [1.807, 2.05) is 0 Å². The van der Waals surface area contributed by atoms with Crippen LogP contribution in [0.25, 0.3) is 0 Å². The van der Waals surface area contributed by atoms with E-state index in [0.29, 0.717) is 18.8 Å². The molecule has 0 spiro atoms. The van der Waals surface area contributed by atoms with Crippen molar-refractivity contribution in [3.63, 3.8) is 0 Å². The highest BCUT2D eigenvalue weighted by molar-refractivity contribution is 5.80. The SMILES string of the molecule is CC1(C)CC1COc1ccc(OC(F)(F)F)cc1C=O. The molecule has 1 aromatic rings. The number of aldehydes is 1. The van der Waals surface area contributed by atoms with Gasteiger partial charge in [0.15, 0.2) is 6.29 Å². The summed E-state index contributed by atoms with van der Waals surface area (Å²) in [6.45, 7) is 4.68. The third-order valence-corrected chi connectivity index (χ3v) is 3.50. The number of carbonyl (C=O) groups is 1. The van der Waals surface area contributed by atoms with Gasteiger partial charge in [-0.1, -0.05) is 13.8 Å². The first-order chi connectivity index (χ1) is 9.21. The van der Waals surface area contributed by atoms with Gasteiger partial charge in [0.25, 0.3) is 0 Å². The van der Waals surface area contributed by atoms with Crippen LogP contribution in [0.5, 0.6) is 11.5 Å². The lowest BCUT2D eigenvalue weighted by atomic mass is 10.1. The molecule has 110 valence electrons. The lowest BCUT2D eigenvalue weighted by Gasteiger charge is -2.12. The molecule has 2 rings (SSSR count). The van der Waals surface area contributed by atoms with Crippen LogP contribution in [0.4, 0.5) is 13.2 Å². The monoisotopic (exact) mass is 288 g/mol. The molecular weight excluding hydrogens is 273 g/mol. The normalized spacial score (nSPS) is 20.4. The number of rotatable bonds is 5. The van der Waals surface area contributed by atoms with E-state index in [2.05, 4.69) is 18.6 Å². The van der Waals surface area contributed by atoms with Gasteiger partial charge in [-0.3, -0.25) is 4.79 Å². The maximum Gasteiger partial charge on any atom is 0.573 e. The average Bonchev–Trinajstić information content (AvgIpc) is 2.93. The molecule has 0 amide bonds. The summed E-state index contributed by atoms with van der Waals surface area (Å²) in [6.07, 6.45) is -3.28. The predicted molar refractivity (Wildman–Crippen MR) is 65.9 cm³/mol. The number of alkyl halides is 3. The molecular formula is C14H15F3O3. The molecule has 1 atom stereocenters. The minimum atomic E-state index is -4.78.